The van der Waals surface area contributed by atoms with E-state index in [0.717, 1.165) is 27.2 Å². The number of fused-ring (bicyclic) bond motifs is 1. The van der Waals surface area contributed by atoms with Crippen molar-refractivity contribution in [3.8, 4) is 0 Å². The van der Waals surface area contributed by atoms with E-state index < -0.39 is 24.7 Å². The number of likely N-dealkylation sites (tertiary alicyclic amines) is 1. The minimum absolute atomic E-state index is 0.126. The zero-order valence-corrected chi connectivity index (χ0v) is 12.6. The van der Waals surface area contributed by atoms with Gasteiger partial charge < -0.3 is 14.6 Å². The molecule has 0 aliphatic carbocycles. The van der Waals surface area contributed by atoms with Gasteiger partial charge in [0, 0.05) is 24.0 Å². The van der Waals surface area contributed by atoms with Crippen LogP contribution in [0.4, 0.5) is 13.2 Å². The second-order valence-corrected chi connectivity index (χ2v) is 5.73. The molecule has 1 amide bonds. The lowest BCUT2D eigenvalue weighted by Gasteiger charge is -2.18. The standard InChI is InChI=1S/C16H17F3N2O2/c1-10-12(11-4-2-3-5-14(11)23-10)8-20-13-6-7-21(15(13)22)9-16(17,18)19/h2-5,13,20H,6-9H2,1H3. The summed E-state index contributed by atoms with van der Waals surface area (Å²) < 4.78 is 42.9. The fourth-order valence-corrected chi connectivity index (χ4v) is 2.97. The van der Waals surface area contributed by atoms with Crippen LogP contribution in [-0.2, 0) is 11.3 Å². The zero-order chi connectivity index (χ0) is 16.6. The molecule has 23 heavy (non-hydrogen) atoms. The van der Waals surface area contributed by atoms with Crippen molar-refractivity contribution < 1.29 is 22.4 Å². The zero-order valence-electron chi connectivity index (χ0n) is 12.6. The van der Waals surface area contributed by atoms with Gasteiger partial charge in [0.1, 0.15) is 17.9 Å². The summed E-state index contributed by atoms with van der Waals surface area (Å²) in [5.74, 6) is 0.254. The van der Waals surface area contributed by atoms with Crippen molar-refractivity contribution in [2.75, 3.05) is 13.1 Å². The second kappa shape index (κ2) is 5.88. The second-order valence-electron chi connectivity index (χ2n) is 5.73. The number of hydrogen-bond acceptors (Lipinski definition) is 3. The maximum Gasteiger partial charge on any atom is 0.406 e. The number of alkyl halides is 3. The van der Waals surface area contributed by atoms with E-state index >= 15 is 0 Å². The number of benzene rings is 1. The highest BCUT2D eigenvalue weighted by atomic mass is 19.4. The normalized spacial score (nSPS) is 19.0. The summed E-state index contributed by atoms with van der Waals surface area (Å²) in [4.78, 5) is 12.9. The molecule has 4 nitrogen and oxygen atoms in total. The number of hydrogen-bond donors (Lipinski definition) is 1. The van der Waals surface area contributed by atoms with Gasteiger partial charge in [-0.2, -0.15) is 13.2 Å². The highest BCUT2D eigenvalue weighted by molar-refractivity contribution is 5.84. The molecule has 0 bridgehead atoms. The van der Waals surface area contributed by atoms with E-state index in [1.165, 1.54) is 0 Å². The number of para-hydroxylation sites is 1. The molecule has 3 rings (SSSR count). The van der Waals surface area contributed by atoms with Crippen molar-refractivity contribution in [2.45, 2.75) is 32.1 Å². The van der Waals surface area contributed by atoms with Gasteiger partial charge in [-0.3, -0.25) is 4.79 Å². The van der Waals surface area contributed by atoms with Gasteiger partial charge in [0.25, 0.3) is 0 Å². The minimum Gasteiger partial charge on any atom is -0.461 e. The Kier molecular flexibility index (Phi) is 4.06. The van der Waals surface area contributed by atoms with E-state index in [1.54, 1.807) is 0 Å². The van der Waals surface area contributed by atoms with Crippen LogP contribution in [-0.4, -0.2) is 36.1 Å². The van der Waals surface area contributed by atoms with Crippen LogP contribution in [0.5, 0.6) is 0 Å². The number of nitrogens with zero attached hydrogens (tertiary/aromatic N) is 1. The van der Waals surface area contributed by atoms with E-state index in [1.807, 2.05) is 31.2 Å². The molecule has 124 valence electrons. The molecule has 7 heteroatoms. The van der Waals surface area contributed by atoms with Gasteiger partial charge in [0.2, 0.25) is 5.91 Å². The summed E-state index contributed by atoms with van der Waals surface area (Å²) in [6.07, 6.45) is -3.98. The summed E-state index contributed by atoms with van der Waals surface area (Å²) in [6.45, 7) is 1.17. The maximum absolute atomic E-state index is 12.4. The summed E-state index contributed by atoms with van der Waals surface area (Å²) in [5, 5.41) is 4.02. The first-order chi connectivity index (χ1) is 10.8. The van der Waals surface area contributed by atoms with Gasteiger partial charge in [-0.1, -0.05) is 18.2 Å². The van der Waals surface area contributed by atoms with Crippen LogP contribution in [0.2, 0.25) is 0 Å². The van der Waals surface area contributed by atoms with Crippen LogP contribution in [0, 0.1) is 6.92 Å². The largest absolute Gasteiger partial charge is 0.461 e. The first-order valence-corrected chi connectivity index (χ1v) is 7.41. The molecule has 0 radical (unpaired) electrons. The molecule has 1 aliphatic heterocycles. The molecule has 2 heterocycles. The molecule has 1 fully saturated rings. The lowest BCUT2D eigenvalue weighted by Crippen LogP contribution is -2.41. The fourth-order valence-electron chi connectivity index (χ4n) is 2.97. The molecular formula is C16H17F3N2O2. The number of nitrogens with one attached hydrogen (secondary N) is 1. The van der Waals surface area contributed by atoms with E-state index in [0.29, 0.717) is 13.0 Å². The Bertz CT molecular complexity index is 724. The Morgan fingerprint density at radius 3 is 2.83 bits per heavy atom. The first kappa shape index (κ1) is 15.9. The average Bonchev–Trinajstić information content (AvgIpc) is 2.96. The van der Waals surface area contributed by atoms with Crippen molar-refractivity contribution in [1.29, 1.82) is 0 Å². The summed E-state index contributed by atoms with van der Waals surface area (Å²) in [7, 11) is 0. The van der Waals surface area contributed by atoms with Crippen molar-refractivity contribution in [2.24, 2.45) is 0 Å². The SMILES string of the molecule is Cc1oc2ccccc2c1CNC1CCN(CC(F)(F)F)C1=O. The Balaban J connectivity index is 1.67. The number of aryl methyl sites for hydroxylation is 1. The predicted molar refractivity (Wildman–Crippen MR) is 78.8 cm³/mol. The van der Waals surface area contributed by atoms with Crippen LogP contribution in [0.1, 0.15) is 17.7 Å². The molecule has 1 atom stereocenters. The number of carbonyl (C=O) groups is 1. The third kappa shape index (κ3) is 3.34. The summed E-state index contributed by atoms with van der Waals surface area (Å²) in [5.41, 5.74) is 1.70. The quantitative estimate of drug-likeness (QED) is 0.939. The van der Waals surface area contributed by atoms with Crippen molar-refractivity contribution in [1.82, 2.24) is 10.2 Å². The molecular weight excluding hydrogens is 309 g/mol. The third-order valence-electron chi connectivity index (χ3n) is 4.09. The molecule has 1 aliphatic rings. The fraction of sp³-hybridized carbons (Fsp3) is 0.438. The van der Waals surface area contributed by atoms with Gasteiger partial charge in [-0.05, 0) is 19.4 Å². The molecule has 1 unspecified atom stereocenters. The highest BCUT2D eigenvalue weighted by Crippen LogP contribution is 2.26. The smallest absolute Gasteiger partial charge is 0.406 e. The summed E-state index contributed by atoms with van der Waals surface area (Å²) in [6, 6.07) is 6.97. The number of amides is 1. The van der Waals surface area contributed by atoms with Crippen LogP contribution in [0.3, 0.4) is 0 Å². The van der Waals surface area contributed by atoms with Crippen LogP contribution in [0.15, 0.2) is 28.7 Å². The monoisotopic (exact) mass is 326 g/mol. The van der Waals surface area contributed by atoms with E-state index in [9.17, 15) is 18.0 Å². The molecule has 0 spiro atoms. The molecule has 1 aromatic heterocycles. The lowest BCUT2D eigenvalue weighted by molar-refractivity contribution is -0.158. The van der Waals surface area contributed by atoms with E-state index in [-0.39, 0.29) is 6.54 Å². The maximum atomic E-state index is 12.4. The Morgan fingerprint density at radius 1 is 1.35 bits per heavy atom. The van der Waals surface area contributed by atoms with E-state index in [2.05, 4.69) is 5.32 Å². The molecule has 1 aromatic carbocycles. The van der Waals surface area contributed by atoms with Crippen molar-refractivity contribution >= 4 is 16.9 Å². The van der Waals surface area contributed by atoms with Crippen LogP contribution < -0.4 is 5.32 Å². The van der Waals surface area contributed by atoms with Gasteiger partial charge in [-0.25, -0.2) is 0 Å². The number of carbonyl (C=O) groups excluding carboxylic acids is 1. The Labute approximate surface area is 131 Å². The van der Waals surface area contributed by atoms with E-state index in [4.69, 9.17) is 4.42 Å². The number of rotatable bonds is 4. The topological polar surface area (TPSA) is 45.5 Å². The van der Waals surface area contributed by atoms with Gasteiger partial charge in [-0.15, -0.1) is 0 Å². The molecule has 2 aromatic rings. The minimum atomic E-state index is -4.36. The molecule has 1 N–H and O–H groups in total. The molecule has 0 saturated carbocycles. The summed E-state index contributed by atoms with van der Waals surface area (Å²) >= 11 is 0. The third-order valence-corrected chi connectivity index (χ3v) is 4.09. The predicted octanol–water partition coefficient (Wildman–Crippen LogP) is 2.99. The Hall–Kier alpha value is -2.02. The van der Waals surface area contributed by atoms with Gasteiger partial charge >= 0.3 is 6.18 Å². The number of furan rings is 1. The lowest BCUT2D eigenvalue weighted by atomic mass is 10.1. The van der Waals surface area contributed by atoms with Crippen molar-refractivity contribution in [3.05, 3.63) is 35.6 Å². The van der Waals surface area contributed by atoms with Crippen LogP contribution in [0.25, 0.3) is 11.0 Å². The molecule has 1 saturated heterocycles. The van der Waals surface area contributed by atoms with Crippen LogP contribution >= 0.6 is 0 Å². The number of halogens is 3. The Morgan fingerprint density at radius 2 is 2.09 bits per heavy atom. The average molecular weight is 326 g/mol. The first-order valence-electron chi connectivity index (χ1n) is 7.41. The van der Waals surface area contributed by atoms with Crippen molar-refractivity contribution in [3.63, 3.8) is 0 Å². The van der Waals surface area contributed by atoms with Gasteiger partial charge in [0.15, 0.2) is 0 Å². The van der Waals surface area contributed by atoms with Gasteiger partial charge in [0.05, 0.1) is 6.04 Å². The highest BCUT2D eigenvalue weighted by Gasteiger charge is 2.39.